The molecule has 5 fully saturated rings. The SMILES string of the molecule is C=C(C)C1CC[C@]2(C(=O)O)CC[C@]3(C)C(CCC4[C@@]5(C)CC[C@@](O)(CCCC)C(C)(C)C5CC[C@]43C)C12. The monoisotopic (exact) mass is 512 g/mol. The fraction of sp³-hybridized carbons (Fsp3) is 0.912. The highest BCUT2D eigenvalue weighted by atomic mass is 16.4. The second-order valence-electron chi connectivity index (χ2n) is 16.0. The lowest BCUT2D eigenvalue weighted by Gasteiger charge is -2.73. The molecule has 210 valence electrons. The first-order valence-corrected chi connectivity index (χ1v) is 15.8. The van der Waals surface area contributed by atoms with Gasteiger partial charge in [0.05, 0.1) is 11.0 Å². The number of aliphatic carboxylic acids is 1. The van der Waals surface area contributed by atoms with Gasteiger partial charge in [0.15, 0.2) is 0 Å². The number of aliphatic hydroxyl groups is 1. The molecule has 37 heavy (non-hydrogen) atoms. The molecule has 0 amide bonds. The van der Waals surface area contributed by atoms with Crippen LogP contribution in [0.3, 0.4) is 0 Å². The molecule has 0 aliphatic heterocycles. The predicted octanol–water partition coefficient (Wildman–Crippen LogP) is 8.65. The minimum atomic E-state index is -0.549. The van der Waals surface area contributed by atoms with Crippen LogP contribution in [0.1, 0.15) is 132 Å². The van der Waals surface area contributed by atoms with E-state index >= 15 is 0 Å². The van der Waals surface area contributed by atoms with E-state index in [0.717, 1.165) is 57.8 Å². The van der Waals surface area contributed by atoms with Crippen molar-refractivity contribution in [3.63, 3.8) is 0 Å². The van der Waals surface area contributed by atoms with Crippen LogP contribution in [0.5, 0.6) is 0 Å². The average molecular weight is 513 g/mol. The summed E-state index contributed by atoms with van der Waals surface area (Å²) >= 11 is 0. The van der Waals surface area contributed by atoms with E-state index in [9.17, 15) is 15.0 Å². The summed E-state index contributed by atoms with van der Waals surface area (Å²) in [4.78, 5) is 12.9. The Morgan fingerprint density at radius 3 is 2.19 bits per heavy atom. The smallest absolute Gasteiger partial charge is 0.309 e. The van der Waals surface area contributed by atoms with E-state index in [-0.39, 0.29) is 27.6 Å². The van der Waals surface area contributed by atoms with Crippen molar-refractivity contribution >= 4 is 5.97 Å². The van der Waals surface area contributed by atoms with E-state index in [0.29, 0.717) is 23.7 Å². The van der Waals surface area contributed by atoms with Crippen LogP contribution in [-0.4, -0.2) is 21.8 Å². The van der Waals surface area contributed by atoms with Crippen molar-refractivity contribution in [3.8, 4) is 0 Å². The van der Waals surface area contributed by atoms with Crippen molar-refractivity contribution in [2.24, 2.45) is 56.7 Å². The highest BCUT2D eigenvalue weighted by Crippen LogP contribution is 2.78. The molecular formula is C34H56O3. The zero-order valence-electron chi connectivity index (χ0n) is 25.1. The van der Waals surface area contributed by atoms with Gasteiger partial charge in [0.1, 0.15) is 0 Å². The third-order valence-corrected chi connectivity index (χ3v) is 14.9. The number of unbranched alkanes of at least 4 members (excludes halogenated alkanes) is 1. The van der Waals surface area contributed by atoms with Crippen LogP contribution in [0.15, 0.2) is 12.2 Å². The van der Waals surface area contributed by atoms with E-state index in [1.54, 1.807) is 0 Å². The van der Waals surface area contributed by atoms with E-state index in [4.69, 9.17) is 0 Å². The molecule has 2 N–H and O–H groups in total. The highest BCUT2D eigenvalue weighted by molar-refractivity contribution is 5.76. The summed E-state index contributed by atoms with van der Waals surface area (Å²) in [7, 11) is 0. The maximum atomic E-state index is 12.9. The van der Waals surface area contributed by atoms with Crippen molar-refractivity contribution in [2.75, 3.05) is 0 Å². The van der Waals surface area contributed by atoms with Crippen LogP contribution < -0.4 is 0 Å². The van der Waals surface area contributed by atoms with Crippen LogP contribution >= 0.6 is 0 Å². The number of carbonyl (C=O) groups is 1. The summed E-state index contributed by atoms with van der Waals surface area (Å²) < 4.78 is 0. The number of allylic oxidation sites excluding steroid dienone is 1. The Balaban J connectivity index is 1.52. The fourth-order valence-electron chi connectivity index (χ4n) is 12.5. The molecule has 10 atom stereocenters. The molecule has 0 heterocycles. The Hall–Kier alpha value is -0.830. The predicted molar refractivity (Wildman–Crippen MR) is 151 cm³/mol. The zero-order chi connectivity index (χ0) is 27.2. The van der Waals surface area contributed by atoms with Crippen LogP contribution in [0.4, 0.5) is 0 Å². The van der Waals surface area contributed by atoms with E-state index in [1.165, 1.54) is 31.3 Å². The van der Waals surface area contributed by atoms with Gasteiger partial charge in [-0.25, -0.2) is 0 Å². The lowest BCUT2D eigenvalue weighted by atomic mass is 9.31. The zero-order valence-corrected chi connectivity index (χ0v) is 25.1. The number of hydrogen-bond acceptors (Lipinski definition) is 2. The molecule has 0 radical (unpaired) electrons. The Labute approximate surface area is 227 Å². The highest BCUT2D eigenvalue weighted by Gasteiger charge is 2.72. The van der Waals surface area contributed by atoms with Gasteiger partial charge in [-0.15, -0.1) is 0 Å². The molecule has 3 nitrogen and oxygen atoms in total. The number of carboxylic acid groups (broad SMARTS) is 1. The Kier molecular flexibility index (Phi) is 6.43. The number of rotatable bonds is 5. The molecule has 0 saturated heterocycles. The lowest BCUT2D eigenvalue weighted by molar-refractivity contribution is -0.265. The molecule has 0 spiro atoms. The summed E-state index contributed by atoms with van der Waals surface area (Å²) in [5.41, 5.74) is 0.687. The van der Waals surface area contributed by atoms with Crippen molar-refractivity contribution in [1.29, 1.82) is 0 Å². The topological polar surface area (TPSA) is 57.5 Å². The molecular weight excluding hydrogens is 456 g/mol. The molecule has 0 aromatic heterocycles. The maximum absolute atomic E-state index is 12.9. The Morgan fingerprint density at radius 1 is 0.865 bits per heavy atom. The summed E-state index contributed by atoms with van der Waals surface area (Å²) in [6.45, 7) is 21.3. The minimum Gasteiger partial charge on any atom is -0.481 e. The molecule has 0 bridgehead atoms. The lowest BCUT2D eigenvalue weighted by Crippen LogP contribution is -2.68. The maximum Gasteiger partial charge on any atom is 0.309 e. The van der Waals surface area contributed by atoms with Gasteiger partial charge >= 0.3 is 5.97 Å². The van der Waals surface area contributed by atoms with Crippen molar-refractivity contribution < 1.29 is 15.0 Å². The Bertz CT molecular complexity index is 953. The average Bonchev–Trinajstić information content (AvgIpc) is 3.23. The standard InChI is InChI=1S/C34H56O3/c1-9-10-15-34(37)21-18-30(6)25(29(34,4)5)14-16-32(8)26(30)12-11-24-27-23(22(2)3)13-17-33(27,28(35)36)20-19-31(24,32)7/h23-27,37H,2,9-21H2,1,3-8H3,(H,35,36)/t23?,24?,25?,26?,27?,30-,31+,32+,33-,34-/m0/s1. The molecule has 5 rings (SSSR count). The van der Waals surface area contributed by atoms with E-state index in [2.05, 4.69) is 55.0 Å². The van der Waals surface area contributed by atoms with Crippen LogP contribution in [0.25, 0.3) is 0 Å². The molecule has 0 aromatic rings. The molecule has 5 unspecified atom stereocenters. The molecule has 0 aromatic carbocycles. The van der Waals surface area contributed by atoms with Gasteiger partial charge in [-0.2, -0.15) is 0 Å². The first kappa shape index (κ1) is 27.7. The van der Waals surface area contributed by atoms with Crippen molar-refractivity contribution in [2.45, 2.75) is 138 Å². The number of carboxylic acids is 1. The normalized spacial score (nSPS) is 52.4. The number of fused-ring (bicyclic) bond motifs is 7. The van der Waals surface area contributed by atoms with Gasteiger partial charge < -0.3 is 10.2 Å². The third kappa shape index (κ3) is 3.37. The third-order valence-electron chi connectivity index (χ3n) is 14.9. The first-order chi connectivity index (χ1) is 17.1. The van der Waals surface area contributed by atoms with Gasteiger partial charge in [0.25, 0.3) is 0 Å². The quantitative estimate of drug-likeness (QED) is 0.362. The van der Waals surface area contributed by atoms with Crippen LogP contribution in [0, 0.1) is 56.7 Å². The van der Waals surface area contributed by atoms with Gasteiger partial charge in [-0.3, -0.25) is 4.79 Å². The van der Waals surface area contributed by atoms with Gasteiger partial charge in [0.2, 0.25) is 0 Å². The molecule has 5 aliphatic carbocycles. The molecule has 3 heteroatoms. The van der Waals surface area contributed by atoms with E-state index < -0.39 is 17.0 Å². The largest absolute Gasteiger partial charge is 0.481 e. The van der Waals surface area contributed by atoms with Crippen molar-refractivity contribution in [1.82, 2.24) is 0 Å². The second kappa shape index (κ2) is 8.58. The summed E-state index contributed by atoms with van der Waals surface area (Å²) in [5, 5.41) is 22.6. The summed E-state index contributed by atoms with van der Waals surface area (Å²) in [5.74, 6) is 1.73. The summed E-state index contributed by atoms with van der Waals surface area (Å²) in [6.07, 6.45) is 13.8. The van der Waals surface area contributed by atoms with Gasteiger partial charge in [-0.05, 0) is 129 Å². The second-order valence-corrected chi connectivity index (χ2v) is 16.0. The van der Waals surface area contributed by atoms with Crippen molar-refractivity contribution in [3.05, 3.63) is 12.2 Å². The number of hydrogen-bond donors (Lipinski definition) is 2. The van der Waals surface area contributed by atoms with E-state index in [1.807, 2.05) is 0 Å². The van der Waals surface area contributed by atoms with Gasteiger partial charge in [-0.1, -0.05) is 66.5 Å². The fourth-order valence-corrected chi connectivity index (χ4v) is 12.5. The van der Waals surface area contributed by atoms with Crippen LogP contribution in [0.2, 0.25) is 0 Å². The van der Waals surface area contributed by atoms with Crippen LogP contribution in [-0.2, 0) is 4.79 Å². The van der Waals surface area contributed by atoms with Gasteiger partial charge in [0, 0.05) is 0 Å². The molecule has 5 saturated carbocycles. The first-order valence-electron chi connectivity index (χ1n) is 15.8. The Morgan fingerprint density at radius 2 is 1.57 bits per heavy atom. The minimum absolute atomic E-state index is 0.0736. The summed E-state index contributed by atoms with van der Waals surface area (Å²) in [6, 6.07) is 0. The molecule has 5 aliphatic rings.